The standard InChI is InChI=1S/C22H22N4O2/c1-15-4-2-3-5-16(15)12-26-9-8-19-17(13-26)11-23-22(25-19)24-18-6-7-20-21(10-18)28-14-27-20/h2-7,10-11H,8-9,12-14H2,1H3,(H,23,24,25). The molecule has 3 heterocycles. The van der Waals surface area contributed by atoms with Gasteiger partial charge in [-0.2, -0.15) is 0 Å². The van der Waals surface area contributed by atoms with Gasteiger partial charge in [0.15, 0.2) is 11.5 Å². The summed E-state index contributed by atoms with van der Waals surface area (Å²) in [7, 11) is 0. The van der Waals surface area contributed by atoms with E-state index in [9.17, 15) is 0 Å². The second-order valence-electron chi connectivity index (χ2n) is 7.25. The average molecular weight is 374 g/mol. The maximum absolute atomic E-state index is 5.43. The highest BCUT2D eigenvalue weighted by Gasteiger charge is 2.19. The molecule has 0 fully saturated rings. The number of fused-ring (bicyclic) bond motifs is 2. The Bertz CT molecular complexity index is 1020. The molecule has 2 aromatic carbocycles. The topological polar surface area (TPSA) is 59.5 Å². The number of aryl methyl sites for hydroxylation is 1. The molecule has 5 rings (SSSR count). The van der Waals surface area contributed by atoms with Crippen molar-refractivity contribution in [1.82, 2.24) is 14.9 Å². The zero-order valence-electron chi connectivity index (χ0n) is 15.8. The van der Waals surface area contributed by atoms with Crippen molar-refractivity contribution in [3.63, 3.8) is 0 Å². The molecule has 0 saturated carbocycles. The fourth-order valence-electron chi connectivity index (χ4n) is 3.70. The maximum atomic E-state index is 5.43. The van der Waals surface area contributed by atoms with Gasteiger partial charge in [0.05, 0.1) is 5.69 Å². The predicted octanol–water partition coefficient (Wildman–Crippen LogP) is 3.82. The van der Waals surface area contributed by atoms with Crippen molar-refractivity contribution in [2.45, 2.75) is 26.4 Å². The largest absolute Gasteiger partial charge is 0.454 e. The van der Waals surface area contributed by atoms with Crippen LogP contribution in [-0.2, 0) is 19.5 Å². The summed E-state index contributed by atoms with van der Waals surface area (Å²) in [5, 5.41) is 3.27. The third-order valence-corrected chi connectivity index (χ3v) is 5.30. The van der Waals surface area contributed by atoms with Gasteiger partial charge >= 0.3 is 0 Å². The summed E-state index contributed by atoms with van der Waals surface area (Å²) in [6, 6.07) is 14.3. The van der Waals surface area contributed by atoms with E-state index in [1.807, 2.05) is 24.4 Å². The van der Waals surface area contributed by atoms with Gasteiger partial charge in [0, 0.05) is 49.6 Å². The molecule has 3 aromatic rings. The van der Waals surface area contributed by atoms with Crippen LogP contribution in [0.15, 0.2) is 48.7 Å². The predicted molar refractivity (Wildman–Crippen MR) is 107 cm³/mol. The van der Waals surface area contributed by atoms with Crippen molar-refractivity contribution in [1.29, 1.82) is 0 Å². The molecule has 6 heteroatoms. The number of nitrogens with one attached hydrogen (secondary N) is 1. The van der Waals surface area contributed by atoms with Crippen LogP contribution in [0.3, 0.4) is 0 Å². The second-order valence-corrected chi connectivity index (χ2v) is 7.25. The van der Waals surface area contributed by atoms with Gasteiger partial charge < -0.3 is 14.8 Å². The van der Waals surface area contributed by atoms with Crippen LogP contribution in [0.1, 0.15) is 22.4 Å². The first kappa shape index (κ1) is 17.0. The Morgan fingerprint density at radius 1 is 1.11 bits per heavy atom. The van der Waals surface area contributed by atoms with Gasteiger partial charge in [0.1, 0.15) is 0 Å². The highest BCUT2D eigenvalue weighted by Crippen LogP contribution is 2.34. The van der Waals surface area contributed by atoms with Gasteiger partial charge in [-0.05, 0) is 30.2 Å². The van der Waals surface area contributed by atoms with Crippen LogP contribution in [0, 0.1) is 6.92 Å². The number of nitrogens with zero attached hydrogens (tertiary/aromatic N) is 3. The van der Waals surface area contributed by atoms with Crippen LogP contribution in [-0.4, -0.2) is 28.2 Å². The molecule has 2 aliphatic rings. The molecule has 0 radical (unpaired) electrons. The normalized spacial score (nSPS) is 15.3. The highest BCUT2D eigenvalue weighted by molar-refractivity contribution is 5.60. The van der Waals surface area contributed by atoms with Crippen LogP contribution in [0.25, 0.3) is 0 Å². The Kier molecular flexibility index (Phi) is 4.33. The summed E-state index contributed by atoms with van der Waals surface area (Å²) < 4.78 is 10.8. The minimum absolute atomic E-state index is 0.271. The number of benzene rings is 2. The van der Waals surface area contributed by atoms with E-state index < -0.39 is 0 Å². The lowest BCUT2D eigenvalue weighted by atomic mass is 10.0. The first-order valence-corrected chi connectivity index (χ1v) is 9.53. The third kappa shape index (κ3) is 3.39. The van der Waals surface area contributed by atoms with Crippen molar-refractivity contribution in [2.75, 3.05) is 18.7 Å². The quantitative estimate of drug-likeness (QED) is 0.749. The van der Waals surface area contributed by atoms with Gasteiger partial charge in [-0.15, -0.1) is 0 Å². The van der Waals surface area contributed by atoms with Crippen molar-refractivity contribution in [3.05, 3.63) is 71.0 Å². The lowest BCUT2D eigenvalue weighted by molar-refractivity contribution is 0.174. The molecule has 0 bridgehead atoms. The van der Waals surface area contributed by atoms with Crippen LogP contribution in [0.5, 0.6) is 11.5 Å². The summed E-state index contributed by atoms with van der Waals surface area (Å²) in [6.07, 6.45) is 2.88. The van der Waals surface area contributed by atoms with Gasteiger partial charge in [0.25, 0.3) is 0 Å². The van der Waals surface area contributed by atoms with E-state index in [-0.39, 0.29) is 6.79 Å². The molecular weight excluding hydrogens is 352 g/mol. The molecule has 1 N–H and O–H groups in total. The summed E-state index contributed by atoms with van der Waals surface area (Å²) in [5.41, 5.74) is 5.94. The molecule has 0 amide bonds. The lowest BCUT2D eigenvalue weighted by Crippen LogP contribution is -2.31. The molecule has 0 unspecified atom stereocenters. The number of ether oxygens (including phenoxy) is 2. The van der Waals surface area contributed by atoms with E-state index in [0.717, 1.165) is 48.9 Å². The van der Waals surface area contributed by atoms with E-state index >= 15 is 0 Å². The van der Waals surface area contributed by atoms with Crippen molar-refractivity contribution >= 4 is 11.6 Å². The van der Waals surface area contributed by atoms with E-state index in [1.54, 1.807) is 0 Å². The number of hydrogen-bond acceptors (Lipinski definition) is 6. The minimum atomic E-state index is 0.271. The van der Waals surface area contributed by atoms with Crippen molar-refractivity contribution < 1.29 is 9.47 Å². The Labute approximate surface area is 164 Å². The monoisotopic (exact) mass is 374 g/mol. The molecule has 28 heavy (non-hydrogen) atoms. The summed E-state index contributed by atoms with van der Waals surface area (Å²) in [5.74, 6) is 2.13. The number of anilines is 2. The van der Waals surface area contributed by atoms with Crippen LogP contribution >= 0.6 is 0 Å². The number of rotatable bonds is 4. The summed E-state index contributed by atoms with van der Waals surface area (Å²) >= 11 is 0. The van der Waals surface area contributed by atoms with Gasteiger partial charge in [-0.1, -0.05) is 24.3 Å². The zero-order valence-corrected chi connectivity index (χ0v) is 15.8. The second kappa shape index (κ2) is 7.13. The van der Waals surface area contributed by atoms with Crippen LogP contribution in [0.4, 0.5) is 11.6 Å². The van der Waals surface area contributed by atoms with E-state index in [4.69, 9.17) is 14.5 Å². The fourth-order valence-corrected chi connectivity index (χ4v) is 3.70. The Morgan fingerprint density at radius 2 is 2.00 bits per heavy atom. The molecule has 142 valence electrons. The number of aromatic nitrogens is 2. The molecule has 0 atom stereocenters. The number of hydrogen-bond donors (Lipinski definition) is 1. The Hall–Kier alpha value is -3.12. The Morgan fingerprint density at radius 3 is 2.93 bits per heavy atom. The van der Waals surface area contributed by atoms with Crippen molar-refractivity contribution in [2.24, 2.45) is 0 Å². The fraction of sp³-hybridized carbons (Fsp3) is 0.273. The van der Waals surface area contributed by atoms with Crippen LogP contribution < -0.4 is 14.8 Å². The maximum Gasteiger partial charge on any atom is 0.231 e. The van der Waals surface area contributed by atoms with Crippen LogP contribution in [0.2, 0.25) is 0 Å². The van der Waals surface area contributed by atoms with E-state index in [0.29, 0.717) is 5.95 Å². The molecule has 2 aliphatic heterocycles. The molecule has 6 nitrogen and oxygen atoms in total. The SMILES string of the molecule is Cc1ccccc1CN1CCc2nc(Nc3ccc4c(c3)OCO4)ncc2C1. The first-order valence-electron chi connectivity index (χ1n) is 9.53. The minimum Gasteiger partial charge on any atom is -0.454 e. The van der Waals surface area contributed by atoms with Gasteiger partial charge in [-0.25, -0.2) is 9.97 Å². The molecule has 1 aromatic heterocycles. The third-order valence-electron chi connectivity index (χ3n) is 5.30. The smallest absolute Gasteiger partial charge is 0.231 e. The van der Waals surface area contributed by atoms with Crippen molar-refractivity contribution in [3.8, 4) is 11.5 Å². The molecule has 0 saturated heterocycles. The van der Waals surface area contributed by atoms with Gasteiger partial charge in [-0.3, -0.25) is 4.90 Å². The van der Waals surface area contributed by atoms with E-state index in [1.165, 1.54) is 16.7 Å². The molecular formula is C22H22N4O2. The summed E-state index contributed by atoms with van der Waals surface area (Å²) in [4.78, 5) is 11.7. The zero-order chi connectivity index (χ0) is 18.9. The average Bonchev–Trinajstić information content (AvgIpc) is 3.18. The molecule has 0 aliphatic carbocycles. The first-order chi connectivity index (χ1) is 13.7. The summed E-state index contributed by atoms with van der Waals surface area (Å²) in [6.45, 7) is 5.29. The lowest BCUT2D eigenvalue weighted by Gasteiger charge is -2.28. The van der Waals surface area contributed by atoms with E-state index in [2.05, 4.69) is 46.4 Å². The van der Waals surface area contributed by atoms with Gasteiger partial charge in [0.2, 0.25) is 12.7 Å². The highest BCUT2D eigenvalue weighted by atomic mass is 16.7. The Balaban J connectivity index is 1.29. The molecule has 0 spiro atoms.